The van der Waals surface area contributed by atoms with E-state index in [0.717, 1.165) is 19.5 Å². The topological polar surface area (TPSA) is 58.4 Å². The number of hydrogen-bond acceptors (Lipinski definition) is 4. The summed E-state index contributed by atoms with van der Waals surface area (Å²) in [6.45, 7) is 1.89. The summed E-state index contributed by atoms with van der Waals surface area (Å²) in [5, 5.41) is 2.11. The third-order valence-corrected chi connectivity index (χ3v) is 4.06. The highest BCUT2D eigenvalue weighted by atomic mass is 32.1. The number of benzene rings is 1. The van der Waals surface area contributed by atoms with Crippen molar-refractivity contribution in [3.05, 3.63) is 57.8 Å². The van der Waals surface area contributed by atoms with Crippen LogP contribution in [0.5, 0.6) is 0 Å². The van der Waals surface area contributed by atoms with Gasteiger partial charge in [0.25, 0.3) is 5.91 Å². The normalized spacial score (nSPS) is 10.8. The van der Waals surface area contributed by atoms with Crippen molar-refractivity contribution >= 4 is 17.2 Å². The molecule has 1 amide bonds. The maximum Gasteiger partial charge on any atom is 0.265 e. The molecule has 106 valence electrons. The maximum atomic E-state index is 11.3. The van der Waals surface area contributed by atoms with Gasteiger partial charge in [-0.25, -0.2) is 5.84 Å². The van der Waals surface area contributed by atoms with Crippen LogP contribution in [-0.2, 0) is 13.0 Å². The second kappa shape index (κ2) is 7.19. The minimum atomic E-state index is -0.261. The largest absolute Gasteiger partial charge is 0.302 e. The van der Waals surface area contributed by atoms with E-state index in [-0.39, 0.29) is 5.91 Å². The zero-order valence-corrected chi connectivity index (χ0v) is 12.3. The minimum Gasteiger partial charge on any atom is -0.302 e. The Morgan fingerprint density at radius 2 is 2.05 bits per heavy atom. The lowest BCUT2D eigenvalue weighted by atomic mass is 10.1. The molecular weight excluding hydrogens is 270 g/mol. The number of hydrogen-bond donors (Lipinski definition) is 2. The molecule has 1 aromatic heterocycles. The first-order valence-electron chi connectivity index (χ1n) is 6.50. The number of nitrogen functional groups attached to an aromatic ring is 1. The van der Waals surface area contributed by atoms with Crippen molar-refractivity contribution in [2.45, 2.75) is 13.0 Å². The molecule has 0 atom stereocenters. The lowest BCUT2D eigenvalue weighted by Gasteiger charge is -2.16. The second-order valence-electron chi connectivity index (χ2n) is 4.74. The fraction of sp³-hybridized carbons (Fsp3) is 0.267. The Morgan fingerprint density at radius 1 is 1.30 bits per heavy atom. The molecule has 2 aromatic rings. The van der Waals surface area contributed by atoms with Crippen LogP contribution < -0.4 is 11.3 Å². The van der Waals surface area contributed by atoms with Crippen molar-refractivity contribution in [1.29, 1.82) is 0 Å². The summed E-state index contributed by atoms with van der Waals surface area (Å²) in [7, 11) is 2.11. The Bertz CT molecular complexity index is 537. The molecule has 20 heavy (non-hydrogen) atoms. The minimum absolute atomic E-state index is 0.261. The predicted molar refractivity (Wildman–Crippen MR) is 82.5 cm³/mol. The fourth-order valence-corrected chi connectivity index (χ4v) is 2.69. The van der Waals surface area contributed by atoms with E-state index in [2.05, 4.69) is 34.9 Å². The number of rotatable bonds is 6. The molecule has 0 aliphatic heterocycles. The van der Waals surface area contributed by atoms with Gasteiger partial charge in [-0.05, 0) is 42.6 Å². The Balaban J connectivity index is 1.84. The highest BCUT2D eigenvalue weighted by Crippen LogP contribution is 2.11. The molecule has 2 rings (SSSR count). The van der Waals surface area contributed by atoms with Crippen LogP contribution in [0.15, 0.2) is 41.8 Å². The van der Waals surface area contributed by atoms with Gasteiger partial charge in [0.1, 0.15) is 0 Å². The first-order valence-corrected chi connectivity index (χ1v) is 7.38. The van der Waals surface area contributed by atoms with Crippen molar-refractivity contribution in [3.8, 4) is 0 Å². The summed E-state index contributed by atoms with van der Waals surface area (Å²) in [5.41, 5.74) is 3.90. The second-order valence-corrected chi connectivity index (χ2v) is 5.77. The molecule has 0 saturated heterocycles. The molecule has 4 nitrogen and oxygen atoms in total. The van der Waals surface area contributed by atoms with Gasteiger partial charge in [-0.2, -0.15) is 0 Å². The zero-order chi connectivity index (χ0) is 14.4. The van der Waals surface area contributed by atoms with Crippen molar-refractivity contribution < 1.29 is 4.79 Å². The van der Waals surface area contributed by atoms with E-state index in [9.17, 15) is 4.79 Å². The van der Waals surface area contributed by atoms with E-state index in [1.54, 1.807) is 23.5 Å². The zero-order valence-electron chi connectivity index (χ0n) is 11.5. The molecule has 0 bridgehead atoms. The van der Waals surface area contributed by atoms with Gasteiger partial charge >= 0.3 is 0 Å². The van der Waals surface area contributed by atoms with E-state index >= 15 is 0 Å². The number of hydrazine groups is 1. The first-order chi connectivity index (χ1) is 9.69. The van der Waals surface area contributed by atoms with Gasteiger partial charge in [0.2, 0.25) is 0 Å². The van der Waals surface area contributed by atoms with Gasteiger partial charge in [0, 0.05) is 23.5 Å². The number of thiophene rings is 1. The molecule has 0 fully saturated rings. The molecule has 3 N–H and O–H groups in total. The quantitative estimate of drug-likeness (QED) is 0.486. The van der Waals surface area contributed by atoms with Gasteiger partial charge in [-0.3, -0.25) is 10.2 Å². The smallest absolute Gasteiger partial charge is 0.265 e. The van der Waals surface area contributed by atoms with Crippen LogP contribution in [-0.4, -0.2) is 24.4 Å². The van der Waals surface area contributed by atoms with Crippen LogP contribution in [0.4, 0.5) is 0 Å². The van der Waals surface area contributed by atoms with E-state index in [4.69, 9.17) is 5.84 Å². The third-order valence-electron chi connectivity index (χ3n) is 3.12. The van der Waals surface area contributed by atoms with E-state index in [1.807, 2.05) is 12.1 Å². The Labute approximate surface area is 123 Å². The van der Waals surface area contributed by atoms with Crippen molar-refractivity contribution in [3.63, 3.8) is 0 Å². The lowest BCUT2D eigenvalue weighted by molar-refractivity contribution is 0.0953. The lowest BCUT2D eigenvalue weighted by Crippen LogP contribution is -2.29. The standard InChI is InChI=1S/C15H19N3OS/c1-18(9-8-14-3-2-10-20-14)11-12-4-6-13(7-5-12)15(19)17-16/h2-7,10H,8-9,11,16H2,1H3,(H,17,19). The summed E-state index contributed by atoms with van der Waals surface area (Å²) >= 11 is 1.80. The Morgan fingerprint density at radius 3 is 2.65 bits per heavy atom. The molecule has 0 spiro atoms. The van der Waals surface area contributed by atoms with Crippen LogP contribution in [0.25, 0.3) is 0 Å². The van der Waals surface area contributed by atoms with Crippen LogP contribution in [0.2, 0.25) is 0 Å². The monoisotopic (exact) mass is 289 g/mol. The molecule has 1 aromatic carbocycles. The molecule has 0 unspecified atom stereocenters. The third kappa shape index (κ3) is 4.16. The summed E-state index contributed by atoms with van der Waals surface area (Å²) < 4.78 is 0. The number of carbonyl (C=O) groups excluding carboxylic acids is 1. The summed E-state index contributed by atoms with van der Waals surface area (Å²) in [6, 6.07) is 11.8. The number of nitrogens with two attached hydrogens (primary N) is 1. The average molecular weight is 289 g/mol. The number of nitrogens with zero attached hydrogens (tertiary/aromatic N) is 1. The number of amides is 1. The molecule has 0 saturated carbocycles. The van der Waals surface area contributed by atoms with Crippen LogP contribution >= 0.6 is 11.3 Å². The van der Waals surface area contributed by atoms with Crippen molar-refractivity contribution in [2.75, 3.05) is 13.6 Å². The van der Waals surface area contributed by atoms with E-state index in [1.165, 1.54) is 10.4 Å². The molecule has 0 aliphatic carbocycles. The fourth-order valence-electron chi connectivity index (χ4n) is 1.99. The number of likely N-dealkylation sites (N-methyl/N-ethyl adjacent to an activating group) is 1. The first kappa shape index (κ1) is 14.7. The highest BCUT2D eigenvalue weighted by Gasteiger charge is 2.05. The van der Waals surface area contributed by atoms with Gasteiger partial charge < -0.3 is 4.90 Å². The van der Waals surface area contributed by atoms with E-state index < -0.39 is 0 Å². The van der Waals surface area contributed by atoms with Gasteiger partial charge in [-0.15, -0.1) is 11.3 Å². The number of nitrogens with one attached hydrogen (secondary N) is 1. The van der Waals surface area contributed by atoms with Crippen molar-refractivity contribution in [2.24, 2.45) is 5.84 Å². The number of carbonyl (C=O) groups is 1. The summed E-state index contributed by atoms with van der Waals surface area (Å²) in [5.74, 6) is 4.84. The molecule has 1 heterocycles. The Kier molecular flexibility index (Phi) is 5.29. The van der Waals surface area contributed by atoms with Crippen LogP contribution in [0.3, 0.4) is 0 Å². The predicted octanol–water partition coefficient (Wildman–Crippen LogP) is 2.03. The van der Waals surface area contributed by atoms with Crippen molar-refractivity contribution in [1.82, 2.24) is 10.3 Å². The van der Waals surface area contributed by atoms with Gasteiger partial charge in [0.05, 0.1) is 0 Å². The SMILES string of the molecule is CN(CCc1cccs1)Cc1ccc(C(=O)NN)cc1. The van der Waals surface area contributed by atoms with Crippen LogP contribution in [0, 0.1) is 0 Å². The molecule has 0 aliphatic rings. The van der Waals surface area contributed by atoms with Gasteiger partial charge in [0.15, 0.2) is 0 Å². The van der Waals surface area contributed by atoms with Crippen LogP contribution in [0.1, 0.15) is 20.8 Å². The highest BCUT2D eigenvalue weighted by molar-refractivity contribution is 7.09. The maximum absolute atomic E-state index is 11.3. The van der Waals surface area contributed by atoms with E-state index in [0.29, 0.717) is 5.56 Å². The molecule has 5 heteroatoms. The summed E-state index contributed by atoms with van der Waals surface area (Å²) in [4.78, 5) is 15.0. The van der Waals surface area contributed by atoms with Gasteiger partial charge in [-0.1, -0.05) is 18.2 Å². The average Bonchev–Trinajstić information content (AvgIpc) is 2.98. The Hall–Kier alpha value is -1.69. The molecular formula is C15H19N3OS. The molecule has 0 radical (unpaired) electrons. The summed E-state index contributed by atoms with van der Waals surface area (Å²) in [6.07, 6.45) is 1.07.